The third kappa shape index (κ3) is 25.1. The minimum atomic E-state index is 1.14. The molecule has 0 aliphatic carbocycles. The summed E-state index contributed by atoms with van der Waals surface area (Å²) in [5, 5.41) is 0. The molecule has 180 valence electrons. The molecule has 0 atom stereocenters. The van der Waals surface area contributed by atoms with Crippen molar-refractivity contribution in [3.05, 3.63) is 49.6 Å². The van der Waals surface area contributed by atoms with Crippen molar-refractivity contribution in [3.8, 4) is 0 Å². The minimum Gasteiger partial charge on any atom is -0.103 e. The Morgan fingerprint density at radius 1 is 0.355 bits per heavy atom. The smallest absolute Gasteiger partial charge is 0.0286 e. The lowest BCUT2D eigenvalue weighted by molar-refractivity contribution is 0.559. The third-order valence-electron chi connectivity index (χ3n) is 6.37. The molecule has 0 N–H and O–H groups in total. The summed E-state index contributed by atoms with van der Waals surface area (Å²) in [6.07, 6.45) is 40.0. The second-order valence-corrected chi connectivity index (χ2v) is 9.39. The Hall–Kier alpha value is -1.04. The van der Waals surface area contributed by atoms with E-state index < -0.39 is 0 Å². The lowest BCUT2D eigenvalue weighted by Crippen LogP contribution is -1.88. The van der Waals surface area contributed by atoms with Crippen LogP contribution in [0, 0.1) is 0 Å². The second-order valence-electron chi connectivity index (χ2n) is 9.39. The largest absolute Gasteiger partial charge is 0.103 e. The first kappa shape index (κ1) is 30.0. The summed E-state index contributed by atoms with van der Waals surface area (Å²) in [6.45, 7) is 11.5. The fraction of sp³-hybridized carbons (Fsp3) is 0.742. The van der Waals surface area contributed by atoms with Gasteiger partial charge in [-0.15, -0.1) is 19.7 Å². The minimum absolute atomic E-state index is 1.14. The van der Waals surface area contributed by atoms with E-state index in [1.165, 1.54) is 141 Å². The van der Waals surface area contributed by atoms with Crippen LogP contribution in [0.15, 0.2) is 49.6 Å². The van der Waals surface area contributed by atoms with Crippen LogP contribution in [0.25, 0.3) is 0 Å². The van der Waals surface area contributed by atoms with Gasteiger partial charge in [0.1, 0.15) is 0 Å². The van der Waals surface area contributed by atoms with Crippen molar-refractivity contribution in [3.63, 3.8) is 0 Å². The highest BCUT2D eigenvalue weighted by Crippen LogP contribution is 2.19. The Kier molecular flexibility index (Phi) is 26.1. The Balaban J connectivity index is 3.64. The van der Waals surface area contributed by atoms with Crippen LogP contribution in [0.3, 0.4) is 0 Å². The highest BCUT2D eigenvalue weighted by Gasteiger charge is 1.99. The molecule has 0 saturated heterocycles. The van der Waals surface area contributed by atoms with Gasteiger partial charge in [0.05, 0.1) is 0 Å². The molecule has 31 heavy (non-hydrogen) atoms. The van der Waals surface area contributed by atoms with Gasteiger partial charge in [0.25, 0.3) is 0 Å². The Morgan fingerprint density at radius 3 is 1.13 bits per heavy atom. The highest BCUT2D eigenvalue weighted by molar-refractivity contribution is 5.03. The fourth-order valence-corrected chi connectivity index (χ4v) is 4.29. The van der Waals surface area contributed by atoms with Crippen LogP contribution in [0.1, 0.15) is 148 Å². The molecule has 0 aromatic heterocycles. The Labute approximate surface area is 197 Å². The van der Waals surface area contributed by atoms with E-state index in [0.29, 0.717) is 0 Å². The number of hydrogen-bond donors (Lipinski definition) is 0. The van der Waals surface area contributed by atoms with Crippen LogP contribution in [0.2, 0.25) is 0 Å². The first-order chi connectivity index (χ1) is 15.3. The van der Waals surface area contributed by atoms with Gasteiger partial charge in [-0.05, 0) is 64.2 Å². The van der Waals surface area contributed by atoms with Gasteiger partial charge in [-0.3, -0.25) is 0 Å². The molecule has 0 unspecified atom stereocenters. The maximum atomic E-state index is 3.92. The van der Waals surface area contributed by atoms with Gasteiger partial charge >= 0.3 is 0 Å². The van der Waals surface area contributed by atoms with E-state index >= 15 is 0 Å². The number of unbranched alkanes of at least 4 members (excludes halogenated alkanes) is 18. The van der Waals surface area contributed by atoms with Crippen LogP contribution in [-0.4, -0.2) is 0 Å². The van der Waals surface area contributed by atoms with Crippen LogP contribution in [0.4, 0.5) is 0 Å². The molecule has 0 fully saturated rings. The van der Waals surface area contributed by atoms with E-state index in [1.54, 1.807) is 5.57 Å². The molecule has 0 aliphatic heterocycles. The molecule has 0 aromatic carbocycles. The van der Waals surface area contributed by atoms with E-state index in [9.17, 15) is 0 Å². The third-order valence-corrected chi connectivity index (χ3v) is 6.37. The van der Waals surface area contributed by atoms with Crippen molar-refractivity contribution in [1.82, 2.24) is 0 Å². The summed E-state index contributed by atoms with van der Waals surface area (Å²) < 4.78 is 0. The number of allylic oxidation sites excluding steroid dienone is 5. The van der Waals surface area contributed by atoms with Crippen LogP contribution < -0.4 is 0 Å². The molecule has 0 spiro atoms. The van der Waals surface area contributed by atoms with Gasteiger partial charge in [-0.25, -0.2) is 0 Å². The summed E-state index contributed by atoms with van der Waals surface area (Å²) >= 11 is 0. The Morgan fingerprint density at radius 2 is 0.710 bits per heavy atom. The molecule has 0 saturated carbocycles. The zero-order chi connectivity index (χ0) is 22.7. The predicted molar refractivity (Wildman–Crippen MR) is 145 cm³/mol. The van der Waals surface area contributed by atoms with E-state index in [2.05, 4.69) is 31.9 Å². The van der Waals surface area contributed by atoms with Crippen molar-refractivity contribution >= 4 is 0 Å². The highest BCUT2D eigenvalue weighted by atomic mass is 14.1. The maximum Gasteiger partial charge on any atom is -0.0286 e. The van der Waals surface area contributed by atoms with Gasteiger partial charge < -0.3 is 0 Å². The van der Waals surface area contributed by atoms with Crippen molar-refractivity contribution in [2.45, 2.75) is 148 Å². The summed E-state index contributed by atoms with van der Waals surface area (Å²) in [5.41, 5.74) is 1.70. The first-order valence-corrected chi connectivity index (χ1v) is 13.9. The molecule has 0 heteroatoms. The second kappa shape index (κ2) is 27.0. The van der Waals surface area contributed by atoms with Crippen molar-refractivity contribution in [2.75, 3.05) is 0 Å². The molecule has 0 radical (unpaired) electrons. The van der Waals surface area contributed by atoms with E-state index in [-0.39, 0.29) is 0 Å². The van der Waals surface area contributed by atoms with Crippen molar-refractivity contribution in [1.29, 1.82) is 0 Å². The molecular formula is C31H56. The summed E-state index contributed by atoms with van der Waals surface area (Å²) in [7, 11) is 0. The quantitative estimate of drug-likeness (QED) is 0.0948. The number of hydrogen-bond acceptors (Lipinski definition) is 0. The molecule has 0 rings (SSSR count). The monoisotopic (exact) mass is 428 g/mol. The van der Waals surface area contributed by atoms with Gasteiger partial charge in [0.2, 0.25) is 0 Å². The van der Waals surface area contributed by atoms with Gasteiger partial charge in [-0.1, -0.05) is 113 Å². The molecule has 0 aromatic rings. The van der Waals surface area contributed by atoms with Crippen LogP contribution in [-0.2, 0) is 0 Å². The topological polar surface area (TPSA) is 0 Å². The average molecular weight is 429 g/mol. The van der Waals surface area contributed by atoms with Gasteiger partial charge in [-0.2, -0.15) is 0 Å². The first-order valence-electron chi connectivity index (χ1n) is 13.9. The SMILES string of the molecule is C=CCCCCCCCCCCCC=C(CCC=C)CCCCCCCCCCC=C. The van der Waals surface area contributed by atoms with E-state index in [0.717, 1.165) is 6.42 Å². The van der Waals surface area contributed by atoms with E-state index in [1.807, 2.05) is 12.2 Å². The molecule has 0 heterocycles. The van der Waals surface area contributed by atoms with Gasteiger partial charge in [0.15, 0.2) is 0 Å². The lowest BCUT2D eigenvalue weighted by Gasteiger charge is -2.07. The summed E-state index contributed by atoms with van der Waals surface area (Å²) in [6, 6.07) is 0. The molecule has 0 bridgehead atoms. The fourth-order valence-electron chi connectivity index (χ4n) is 4.29. The normalized spacial score (nSPS) is 11.5. The predicted octanol–water partition coefficient (Wildman–Crippen LogP) is 11.4. The lowest BCUT2D eigenvalue weighted by atomic mass is 9.99. The Bertz CT molecular complexity index is 414. The van der Waals surface area contributed by atoms with E-state index in [4.69, 9.17) is 0 Å². The van der Waals surface area contributed by atoms with Crippen LogP contribution >= 0.6 is 0 Å². The van der Waals surface area contributed by atoms with Crippen molar-refractivity contribution in [2.24, 2.45) is 0 Å². The molecular weight excluding hydrogens is 372 g/mol. The van der Waals surface area contributed by atoms with Crippen LogP contribution in [0.5, 0.6) is 0 Å². The summed E-state index contributed by atoms with van der Waals surface area (Å²) in [5.74, 6) is 0. The zero-order valence-corrected chi connectivity index (χ0v) is 21.2. The van der Waals surface area contributed by atoms with Gasteiger partial charge in [0, 0.05) is 0 Å². The number of rotatable bonds is 26. The maximum absolute atomic E-state index is 3.92. The standard InChI is InChI=1S/C31H56/c1-4-7-10-12-14-16-18-19-21-23-25-27-30-31(28-9-6-3)29-26-24-22-20-17-15-13-11-8-5-2/h4-6,30H,1-3,7-29H2. The molecule has 0 nitrogen and oxygen atoms in total. The summed E-state index contributed by atoms with van der Waals surface area (Å²) in [4.78, 5) is 0. The average Bonchev–Trinajstić information content (AvgIpc) is 2.78. The molecule has 0 aliphatic rings. The molecule has 0 amide bonds. The van der Waals surface area contributed by atoms with Crippen molar-refractivity contribution < 1.29 is 0 Å². The zero-order valence-electron chi connectivity index (χ0n) is 21.2.